The zero-order chi connectivity index (χ0) is 34.6. The molecule has 4 atom stereocenters. The zero-order valence-electron chi connectivity index (χ0n) is 26.7. The van der Waals surface area contributed by atoms with Crippen molar-refractivity contribution in [1.29, 1.82) is 0 Å². The number of aryl methyl sites for hydroxylation is 3. The van der Waals surface area contributed by atoms with Crippen LogP contribution in [0.25, 0.3) is 0 Å². The van der Waals surface area contributed by atoms with Crippen molar-refractivity contribution < 1.29 is 42.6 Å². The van der Waals surface area contributed by atoms with Gasteiger partial charge in [0.15, 0.2) is 0 Å². The molecule has 9 nitrogen and oxygen atoms in total. The summed E-state index contributed by atoms with van der Waals surface area (Å²) in [7, 11) is 0. The lowest BCUT2D eigenvalue weighted by Gasteiger charge is -2.28. The Balaban J connectivity index is 0.000000644. The second kappa shape index (κ2) is 15.1. The standard InChI is InChI=1S/C32H40ClN3O4.C2HF3O2/c1-20-8-11-27(15-28(20)33)36(30(37)23-9-10-24(14-23)32(39)40)13-5-12-34-16-25-18-35(19-26(25)17-34)31(38)29-21(2)6-4-7-22(29)3;3-2(4,5)1(6)7/h4,6-8,11,15,23-26H,5,9-10,12-14,16-19H2,1-3H3,(H,39,40);(H,6,7)/t23-,24+,25?,26?;/m1./s1. The van der Waals surface area contributed by atoms with Crippen molar-refractivity contribution in [1.82, 2.24) is 9.80 Å². The minimum atomic E-state index is -5.08. The van der Waals surface area contributed by atoms with Gasteiger partial charge in [-0.05, 0) is 93.7 Å². The van der Waals surface area contributed by atoms with Crippen molar-refractivity contribution in [3.05, 3.63) is 63.7 Å². The molecular weight excluding hydrogens is 639 g/mol. The minimum absolute atomic E-state index is 0.00242. The fraction of sp³-hybridized carbons (Fsp3) is 0.529. The molecule has 2 saturated heterocycles. The molecule has 1 aliphatic carbocycles. The van der Waals surface area contributed by atoms with E-state index in [4.69, 9.17) is 21.5 Å². The van der Waals surface area contributed by atoms with E-state index in [1.165, 1.54) is 0 Å². The van der Waals surface area contributed by atoms with Gasteiger partial charge in [-0.25, -0.2) is 4.79 Å². The van der Waals surface area contributed by atoms with Crippen LogP contribution in [0.4, 0.5) is 18.9 Å². The van der Waals surface area contributed by atoms with Crippen LogP contribution in [0.15, 0.2) is 36.4 Å². The summed E-state index contributed by atoms with van der Waals surface area (Å²) in [4.78, 5) is 53.6. The number of nitrogens with zero attached hydrogens (tertiary/aromatic N) is 3. The Hall–Kier alpha value is -3.64. The Bertz CT molecular complexity index is 1470. The Morgan fingerprint density at radius 2 is 1.47 bits per heavy atom. The smallest absolute Gasteiger partial charge is 0.481 e. The first kappa shape index (κ1) is 36.2. The third-order valence-electron chi connectivity index (χ3n) is 9.51. The largest absolute Gasteiger partial charge is 0.490 e. The van der Waals surface area contributed by atoms with Gasteiger partial charge in [-0.3, -0.25) is 14.4 Å². The van der Waals surface area contributed by atoms with Gasteiger partial charge in [-0.2, -0.15) is 13.2 Å². The highest BCUT2D eigenvalue weighted by Gasteiger charge is 2.42. The highest BCUT2D eigenvalue weighted by atomic mass is 35.5. The van der Waals surface area contributed by atoms with Crippen LogP contribution in [0.5, 0.6) is 0 Å². The first-order valence-corrected chi connectivity index (χ1v) is 16.1. The average Bonchev–Trinajstić information content (AvgIpc) is 3.72. The number of likely N-dealkylation sites (tertiary alicyclic amines) is 2. The van der Waals surface area contributed by atoms with E-state index < -0.39 is 24.0 Å². The van der Waals surface area contributed by atoms with Gasteiger partial charge < -0.3 is 24.9 Å². The molecule has 0 bridgehead atoms. The van der Waals surface area contributed by atoms with Gasteiger partial charge >= 0.3 is 18.1 Å². The second-order valence-corrected chi connectivity index (χ2v) is 13.3. The topological polar surface area (TPSA) is 118 Å². The number of aliphatic carboxylic acids is 2. The minimum Gasteiger partial charge on any atom is -0.481 e. The van der Waals surface area contributed by atoms with Crippen LogP contribution in [-0.4, -0.2) is 89.2 Å². The first-order valence-electron chi connectivity index (χ1n) is 15.7. The van der Waals surface area contributed by atoms with Crippen LogP contribution in [0, 0.1) is 44.4 Å². The summed E-state index contributed by atoms with van der Waals surface area (Å²) in [6, 6.07) is 11.7. The van der Waals surface area contributed by atoms with E-state index in [9.17, 15) is 32.7 Å². The van der Waals surface area contributed by atoms with Gasteiger partial charge in [-0.1, -0.05) is 35.9 Å². The fourth-order valence-corrected chi connectivity index (χ4v) is 7.14. The second-order valence-electron chi connectivity index (χ2n) is 12.9. The maximum absolute atomic E-state index is 13.6. The lowest BCUT2D eigenvalue weighted by Crippen LogP contribution is -2.38. The van der Waals surface area contributed by atoms with Crippen LogP contribution < -0.4 is 4.90 Å². The fourth-order valence-electron chi connectivity index (χ4n) is 6.97. The number of fused-ring (bicyclic) bond motifs is 1. The van der Waals surface area contributed by atoms with E-state index in [0.29, 0.717) is 42.7 Å². The number of benzene rings is 2. The molecule has 3 aliphatic rings. The molecule has 2 aliphatic heterocycles. The highest BCUT2D eigenvalue weighted by molar-refractivity contribution is 6.31. The van der Waals surface area contributed by atoms with Crippen molar-refractivity contribution in [2.24, 2.45) is 23.7 Å². The van der Waals surface area contributed by atoms with Gasteiger partial charge in [0, 0.05) is 54.9 Å². The summed E-state index contributed by atoms with van der Waals surface area (Å²) in [5, 5.41) is 17.2. The molecule has 2 N–H and O–H groups in total. The molecule has 0 spiro atoms. The summed E-state index contributed by atoms with van der Waals surface area (Å²) in [6.07, 6.45) is -2.71. The normalized spacial score (nSPS) is 22.4. The first-order chi connectivity index (χ1) is 22.1. The number of alkyl halides is 3. The molecule has 2 heterocycles. The average molecular weight is 680 g/mol. The van der Waals surface area contributed by atoms with Gasteiger partial charge in [0.2, 0.25) is 5.91 Å². The van der Waals surface area contributed by atoms with Crippen LogP contribution >= 0.6 is 11.6 Å². The number of carboxylic acid groups (broad SMARTS) is 2. The quantitative estimate of drug-likeness (QED) is 0.361. The van der Waals surface area contributed by atoms with Gasteiger partial charge in [0.25, 0.3) is 5.91 Å². The van der Waals surface area contributed by atoms with Crippen molar-refractivity contribution in [3.63, 3.8) is 0 Å². The summed E-state index contributed by atoms with van der Waals surface area (Å²) in [5.74, 6) is -3.17. The monoisotopic (exact) mass is 679 g/mol. The molecule has 256 valence electrons. The molecule has 13 heteroatoms. The Morgan fingerprint density at radius 1 is 0.894 bits per heavy atom. The molecule has 2 aromatic carbocycles. The van der Waals surface area contributed by atoms with Crippen molar-refractivity contribution in [2.45, 2.75) is 52.6 Å². The van der Waals surface area contributed by atoms with E-state index in [1.54, 1.807) is 0 Å². The molecule has 2 unspecified atom stereocenters. The summed E-state index contributed by atoms with van der Waals surface area (Å²) in [5.41, 5.74) is 4.65. The number of amides is 2. The lowest BCUT2D eigenvalue weighted by atomic mass is 10.0. The maximum Gasteiger partial charge on any atom is 0.490 e. The van der Waals surface area contributed by atoms with E-state index >= 15 is 0 Å². The van der Waals surface area contributed by atoms with Gasteiger partial charge in [-0.15, -0.1) is 0 Å². The van der Waals surface area contributed by atoms with Crippen LogP contribution in [0.1, 0.15) is 52.7 Å². The van der Waals surface area contributed by atoms with E-state index in [-0.39, 0.29) is 17.7 Å². The number of rotatable bonds is 8. The molecule has 5 rings (SSSR count). The Kier molecular flexibility index (Phi) is 11.6. The van der Waals surface area contributed by atoms with Crippen molar-refractivity contribution >= 4 is 41.0 Å². The maximum atomic E-state index is 13.6. The molecule has 0 radical (unpaired) electrons. The predicted molar refractivity (Wildman–Crippen MR) is 171 cm³/mol. The van der Waals surface area contributed by atoms with Crippen molar-refractivity contribution in [2.75, 3.05) is 44.2 Å². The van der Waals surface area contributed by atoms with E-state index in [2.05, 4.69) is 4.90 Å². The Labute approximate surface area is 277 Å². The third-order valence-corrected chi connectivity index (χ3v) is 9.91. The van der Waals surface area contributed by atoms with Crippen LogP contribution in [-0.2, 0) is 14.4 Å². The van der Waals surface area contributed by atoms with Gasteiger partial charge in [0.1, 0.15) is 0 Å². The molecule has 2 aromatic rings. The number of carbonyl (C=O) groups excluding carboxylic acids is 2. The van der Waals surface area contributed by atoms with E-state index in [0.717, 1.165) is 67.1 Å². The van der Waals surface area contributed by atoms with E-state index in [1.807, 2.05) is 67.0 Å². The van der Waals surface area contributed by atoms with Crippen LogP contribution in [0.2, 0.25) is 5.02 Å². The highest BCUT2D eigenvalue weighted by Crippen LogP contribution is 2.35. The molecule has 0 aromatic heterocycles. The number of hydrogen-bond donors (Lipinski definition) is 2. The zero-order valence-corrected chi connectivity index (χ0v) is 27.5. The molecule has 3 fully saturated rings. The lowest BCUT2D eigenvalue weighted by molar-refractivity contribution is -0.192. The number of halogens is 4. The van der Waals surface area contributed by atoms with Crippen LogP contribution in [0.3, 0.4) is 0 Å². The summed E-state index contributed by atoms with van der Waals surface area (Å²) < 4.78 is 31.7. The van der Waals surface area contributed by atoms with Gasteiger partial charge in [0.05, 0.1) is 5.92 Å². The third kappa shape index (κ3) is 8.84. The molecule has 47 heavy (non-hydrogen) atoms. The number of hydrogen-bond acceptors (Lipinski definition) is 5. The summed E-state index contributed by atoms with van der Waals surface area (Å²) in [6.45, 7) is 10.9. The Morgan fingerprint density at radius 3 is 1.98 bits per heavy atom. The molecule has 2 amide bonds. The molecule has 1 saturated carbocycles. The number of carboxylic acids is 2. The molecular formula is C34H41ClF3N3O6. The summed E-state index contributed by atoms with van der Waals surface area (Å²) >= 11 is 6.42. The number of anilines is 1. The number of carbonyl (C=O) groups is 4. The predicted octanol–water partition coefficient (Wildman–Crippen LogP) is 5.83. The SMILES string of the molecule is Cc1ccc(N(CCCN2CC3CN(C(=O)c4c(C)cccc4C)CC3C2)C(=O)[C@@H]2CC[C@H](C(=O)O)C2)cc1Cl.O=C(O)C(F)(F)F. The van der Waals surface area contributed by atoms with Crippen molar-refractivity contribution in [3.8, 4) is 0 Å².